The van der Waals surface area contributed by atoms with Gasteiger partial charge in [-0.1, -0.05) is 0 Å². The molecule has 32 heavy (non-hydrogen) atoms. The zero-order valence-electron chi connectivity index (χ0n) is 17.6. The van der Waals surface area contributed by atoms with Crippen LogP contribution >= 0.6 is 15.8 Å². The van der Waals surface area contributed by atoms with Gasteiger partial charge in [0, 0.05) is 0 Å². The number of benzene rings is 4. The molecule has 0 aliphatic heterocycles. The number of hydrogen-bond donors (Lipinski definition) is 0. The summed E-state index contributed by atoms with van der Waals surface area (Å²) in [5.74, 6) is 0. The molecule has 0 atom stereocenters. The third-order valence-corrected chi connectivity index (χ3v) is 11.5. The van der Waals surface area contributed by atoms with E-state index < -0.39 is 15.8 Å². The minimum absolute atomic E-state index is 0.652. The SMILES string of the molecule is [Fe][C]1=C(P(c2ccccc2)c2ccccc2)C(P(c2ccccc2)c2ccccc2)=CC1. The van der Waals surface area contributed by atoms with Crippen LogP contribution in [-0.4, -0.2) is 0 Å². The second-order valence-electron chi connectivity index (χ2n) is 7.55. The molecule has 0 amide bonds. The molecule has 1 aliphatic rings. The summed E-state index contributed by atoms with van der Waals surface area (Å²) in [6.07, 6.45) is 3.38. The van der Waals surface area contributed by atoms with Crippen LogP contribution in [0.15, 0.2) is 143 Å². The van der Waals surface area contributed by atoms with Crippen LogP contribution in [0.5, 0.6) is 0 Å². The van der Waals surface area contributed by atoms with Crippen LogP contribution in [0.4, 0.5) is 0 Å². The van der Waals surface area contributed by atoms with Gasteiger partial charge in [0.2, 0.25) is 0 Å². The quantitative estimate of drug-likeness (QED) is 0.220. The molecule has 0 fully saturated rings. The molecule has 0 heterocycles. The Morgan fingerprint density at radius 3 is 1.19 bits per heavy atom. The Balaban J connectivity index is 1.69. The average molecular weight is 489 g/mol. The van der Waals surface area contributed by atoms with Crippen molar-refractivity contribution in [1.82, 2.24) is 0 Å². The molecule has 4 aromatic rings. The van der Waals surface area contributed by atoms with Gasteiger partial charge >= 0.3 is 202 Å². The number of hydrogen-bond acceptors (Lipinski definition) is 0. The summed E-state index contributed by atoms with van der Waals surface area (Å²) in [7, 11) is -1.33. The normalized spacial score (nSPS) is 13.7. The van der Waals surface area contributed by atoms with Gasteiger partial charge in [0.05, 0.1) is 0 Å². The Hall–Kier alpha value is -2.26. The maximum atomic E-state index is 4.56. The van der Waals surface area contributed by atoms with E-state index in [2.05, 4.69) is 143 Å². The zero-order valence-corrected chi connectivity index (χ0v) is 20.5. The maximum absolute atomic E-state index is 4.56. The van der Waals surface area contributed by atoms with E-state index in [0.717, 1.165) is 6.42 Å². The standard InChI is InChI=1S/C29H23P2.Fe/c1-5-14-24(15-6-1)30(25-16-7-2-8-17-25)28-22-13-23-29(28)31(26-18-9-3-10-19-26)27-20-11-4-12-21-27;/h1-12,14-22H,13H2;. The van der Waals surface area contributed by atoms with Crippen LogP contribution in [0, 0.1) is 0 Å². The third kappa shape index (κ3) is 4.45. The van der Waals surface area contributed by atoms with Gasteiger partial charge in [-0.15, -0.1) is 0 Å². The molecule has 0 radical (unpaired) electrons. The molecule has 157 valence electrons. The fourth-order valence-electron chi connectivity index (χ4n) is 4.09. The zero-order chi connectivity index (χ0) is 21.8. The van der Waals surface area contributed by atoms with E-state index in [1.54, 1.807) is 0 Å². The van der Waals surface area contributed by atoms with Crippen molar-refractivity contribution >= 4 is 37.1 Å². The van der Waals surface area contributed by atoms with Gasteiger partial charge in [0.25, 0.3) is 0 Å². The van der Waals surface area contributed by atoms with Gasteiger partial charge in [0.15, 0.2) is 0 Å². The summed E-state index contributed by atoms with van der Waals surface area (Å²) in [6, 6.07) is 44.0. The van der Waals surface area contributed by atoms with Crippen molar-refractivity contribution in [2.75, 3.05) is 0 Å². The molecule has 1 aliphatic carbocycles. The van der Waals surface area contributed by atoms with Crippen molar-refractivity contribution in [2.45, 2.75) is 6.42 Å². The van der Waals surface area contributed by atoms with E-state index in [4.69, 9.17) is 0 Å². The molecule has 0 saturated carbocycles. The summed E-state index contributed by atoms with van der Waals surface area (Å²) in [4.78, 5) is 0. The molecule has 4 aromatic carbocycles. The van der Waals surface area contributed by atoms with Crippen LogP contribution in [0.25, 0.3) is 0 Å². The molecule has 3 heteroatoms. The average Bonchev–Trinajstić information content (AvgIpc) is 3.23. The third-order valence-electron chi connectivity index (χ3n) is 5.49. The first kappa shape index (κ1) is 21.6. The Morgan fingerprint density at radius 2 is 0.812 bits per heavy atom. The van der Waals surface area contributed by atoms with Gasteiger partial charge in [0.1, 0.15) is 0 Å². The van der Waals surface area contributed by atoms with Gasteiger partial charge in [-0.3, -0.25) is 0 Å². The first-order chi connectivity index (χ1) is 15.8. The van der Waals surface area contributed by atoms with E-state index in [0.29, 0.717) is 0 Å². The van der Waals surface area contributed by atoms with Crippen LogP contribution < -0.4 is 21.2 Å². The van der Waals surface area contributed by atoms with E-state index in [1.807, 2.05) is 0 Å². The van der Waals surface area contributed by atoms with E-state index in [-0.39, 0.29) is 0 Å². The van der Waals surface area contributed by atoms with Crippen LogP contribution in [-0.2, 0) is 16.0 Å². The topological polar surface area (TPSA) is 0 Å². The Bertz CT molecular complexity index is 1150. The van der Waals surface area contributed by atoms with Crippen LogP contribution in [0.1, 0.15) is 6.42 Å². The summed E-state index contributed by atoms with van der Waals surface area (Å²) < 4.78 is 1.26. The predicted octanol–water partition coefficient (Wildman–Crippen LogP) is 6.30. The van der Waals surface area contributed by atoms with Crippen molar-refractivity contribution in [3.8, 4) is 0 Å². The summed E-state index contributed by atoms with van der Waals surface area (Å²) in [5, 5.41) is 8.48. The van der Waals surface area contributed by atoms with E-state index in [1.165, 1.54) is 36.3 Å². The Labute approximate surface area is 201 Å². The van der Waals surface area contributed by atoms with Crippen molar-refractivity contribution in [1.29, 1.82) is 0 Å². The van der Waals surface area contributed by atoms with Crippen molar-refractivity contribution in [2.24, 2.45) is 0 Å². The minimum atomic E-state index is -0.679. The molecule has 0 aromatic heterocycles. The van der Waals surface area contributed by atoms with Crippen molar-refractivity contribution in [3.05, 3.63) is 143 Å². The Morgan fingerprint density at radius 1 is 0.469 bits per heavy atom. The van der Waals surface area contributed by atoms with Gasteiger partial charge < -0.3 is 0 Å². The van der Waals surface area contributed by atoms with Gasteiger partial charge in [-0.2, -0.15) is 0 Å². The summed E-state index contributed by atoms with van der Waals surface area (Å²) in [6.45, 7) is 0. The molecule has 0 N–H and O–H groups in total. The monoisotopic (exact) mass is 489 g/mol. The molecule has 0 saturated heterocycles. The molecule has 5 rings (SSSR count). The van der Waals surface area contributed by atoms with Gasteiger partial charge in [-0.25, -0.2) is 0 Å². The van der Waals surface area contributed by atoms with Crippen molar-refractivity contribution < 1.29 is 16.0 Å². The first-order valence-corrected chi connectivity index (χ1v) is 13.9. The molecule has 0 bridgehead atoms. The van der Waals surface area contributed by atoms with E-state index in [9.17, 15) is 0 Å². The van der Waals surface area contributed by atoms with Crippen LogP contribution in [0.3, 0.4) is 0 Å². The molecule has 0 spiro atoms. The second-order valence-corrected chi connectivity index (χ2v) is 12.5. The second kappa shape index (κ2) is 10.1. The van der Waals surface area contributed by atoms with Gasteiger partial charge in [-0.05, 0) is 0 Å². The molecular weight excluding hydrogens is 466 g/mol. The fourth-order valence-corrected chi connectivity index (χ4v) is 10.2. The van der Waals surface area contributed by atoms with E-state index >= 15 is 0 Å². The fraction of sp³-hybridized carbons (Fsp3) is 0.0345. The number of rotatable bonds is 6. The molecular formula is C29H23FeP2. The van der Waals surface area contributed by atoms with Crippen LogP contribution in [0.2, 0.25) is 0 Å². The Kier molecular flexibility index (Phi) is 6.83. The molecule has 0 nitrogen and oxygen atoms in total. The molecule has 0 unspecified atom stereocenters. The summed E-state index contributed by atoms with van der Waals surface area (Å²) >= 11 is 4.56. The van der Waals surface area contributed by atoms with Crippen molar-refractivity contribution in [3.63, 3.8) is 0 Å². The first-order valence-electron chi connectivity index (χ1n) is 10.7. The predicted molar refractivity (Wildman–Crippen MR) is 138 cm³/mol. The number of allylic oxidation sites excluding steroid dienone is 4. The summed E-state index contributed by atoms with van der Waals surface area (Å²) in [5.41, 5.74) is 0.